The van der Waals surface area contributed by atoms with E-state index in [1.807, 2.05) is 0 Å². The number of nitrogens with zero attached hydrogens (tertiary/aromatic N) is 2. The van der Waals surface area contributed by atoms with Gasteiger partial charge in [0.2, 0.25) is 0 Å². The van der Waals surface area contributed by atoms with Crippen LogP contribution in [0, 0.1) is 5.82 Å². The first kappa shape index (κ1) is 13.5. The molecule has 19 heavy (non-hydrogen) atoms. The SMILES string of the molecule is Cn1cc(CNC(=O)c2cc(N)c(F)cc2Br)cn1. The number of carbonyl (C=O) groups excluding carboxylic acids is 1. The molecule has 2 rings (SSSR count). The van der Waals surface area contributed by atoms with Crippen molar-refractivity contribution >= 4 is 27.5 Å². The van der Waals surface area contributed by atoms with Gasteiger partial charge in [0.15, 0.2) is 0 Å². The summed E-state index contributed by atoms with van der Waals surface area (Å²) in [4.78, 5) is 12.0. The molecule has 0 fully saturated rings. The molecule has 0 spiro atoms. The zero-order chi connectivity index (χ0) is 14.0. The minimum Gasteiger partial charge on any atom is -0.396 e. The third kappa shape index (κ3) is 3.11. The molecule has 0 bridgehead atoms. The number of rotatable bonds is 3. The van der Waals surface area contributed by atoms with Gasteiger partial charge in [-0.25, -0.2) is 4.39 Å². The lowest BCUT2D eigenvalue weighted by Crippen LogP contribution is -2.23. The summed E-state index contributed by atoms with van der Waals surface area (Å²) in [6, 6.07) is 2.48. The summed E-state index contributed by atoms with van der Waals surface area (Å²) in [5.41, 5.74) is 6.56. The molecular formula is C12H12BrFN4O. The number of hydrogen-bond donors (Lipinski definition) is 2. The lowest BCUT2D eigenvalue weighted by Gasteiger charge is -2.07. The predicted molar refractivity (Wildman–Crippen MR) is 72.9 cm³/mol. The molecule has 0 radical (unpaired) electrons. The van der Waals surface area contributed by atoms with Crippen LogP contribution in [0.3, 0.4) is 0 Å². The molecule has 0 aliphatic heterocycles. The van der Waals surface area contributed by atoms with Gasteiger partial charge in [0, 0.05) is 29.8 Å². The Bertz CT molecular complexity index is 626. The maximum absolute atomic E-state index is 13.2. The number of benzene rings is 1. The molecule has 0 aliphatic carbocycles. The van der Waals surface area contributed by atoms with Crippen LogP contribution in [-0.4, -0.2) is 15.7 Å². The van der Waals surface area contributed by atoms with Gasteiger partial charge in [-0.2, -0.15) is 5.10 Å². The molecule has 0 saturated heterocycles. The van der Waals surface area contributed by atoms with Gasteiger partial charge in [-0.1, -0.05) is 0 Å². The average molecular weight is 327 g/mol. The summed E-state index contributed by atoms with van der Waals surface area (Å²) >= 11 is 3.14. The van der Waals surface area contributed by atoms with E-state index in [9.17, 15) is 9.18 Å². The van der Waals surface area contributed by atoms with Crippen molar-refractivity contribution < 1.29 is 9.18 Å². The van der Waals surface area contributed by atoms with Crippen molar-refractivity contribution in [2.24, 2.45) is 7.05 Å². The molecule has 100 valence electrons. The van der Waals surface area contributed by atoms with Crippen molar-refractivity contribution in [1.29, 1.82) is 0 Å². The second-order valence-electron chi connectivity index (χ2n) is 4.06. The van der Waals surface area contributed by atoms with E-state index in [0.717, 1.165) is 5.56 Å². The van der Waals surface area contributed by atoms with Crippen molar-refractivity contribution in [3.8, 4) is 0 Å². The fourth-order valence-corrected chi connectivity index (χ4v) is 2.08. The molecule has 7 heteroatoms. The smallest absolute Gasteiger partial charge is 0.252 e. The average Bonchev–Trinajstić information content (AvgIpc) is 2.77. The Morgan fingerprint density at radius 3 is 2.95 bits per heavy atom. The highest BCUT2D eigenvalue weighted by Gasteiger charge is 2.13. The molecule has 5 nitrogen and oxygen atoms in total. The highest BCUT2D eigenvalue weighted by Crippen LogP contribution is 2.22. The summed E-state index contributed by atoms with van der Waals surface area (Å²) in [6.07, 6.45) is 3.46. The summed E-state index contributed by atoms with van der Waals surface area (Å²) in [7, 11) is 1.79. The number of carbonyl (C=O) groups is 1. The Hall–Kier alpha value is -1.89. The lowest BCUT2D eigenvalue weighted by molar-refractivity contribution is 0.0950. The van der Waals surface area contributed by atoms with E-state index in [-0.39, 0.29) is 11.6 Å². The molecule has 0 unspecified atom stereocenters. The summed E-state index contributed by atoms with van der Waals surface area (Å²) in [6.45, 7) is 0.344. The third-order valence-electron chi connectivity index (χ3n) is 2.54. The number of nitrogen functional groups attached to an aromatic ring is 1. The first-order chi connectivity index (χ1) is 8.97. The van der Waals surface area contributed by atoms with Crippen LogP contribution in [0.4, 0.5) is 10.1 Å². The van der Waals surface area contributed by atoms with Crippen molar-refractivity contribution in [2.75, 3.05) is 5.73 Å². The van der Waals surface area contributed by atoms with Crippen molar-refractivity contribution in [2.45, 2.75) is 6.54 Å². The molecule has 1 heterocycles. The van der Waals surface area contributed by atoms with Crippen LogP contribution < -0.4 is 11.1 Å². The molecule has 0 aliphatic rings. The normalized spacial score (nSPS) is 10.5. The van der Waals surface area contributed by atoms with E-state index in [1.165, 1.54) is 12.1 Å². The number of hydrogen-bond acceptors (Lipinski definition) is 3. The predicted octanol–water partition coefficient (Wildman–Crippen LogP) is 1.83. The van der Waals surface area contributed by atoms with Gasteiger partial charge in [-0.15, -0.1) is 0 Å². The number of anilines is 1. The first-order valence-electron chi connectivity index (χ1n) is 5.47. The monoisotopic (exact) mass is 326 g/mol. The van der Waals surface area contributed by atoms with Crippen molar-refractivity contribution in [3.63, 3.8) is 0 Å². The lowest BCUT2D eigenvalue weighted by atomic mass is 10.2. The molecule has 0 saturated carbocycles. The number of halogens is 2. The van der Waals surface area contributed by atoms with E-state index in [4.69, 9.17) is 5.73 Å². The fourth-order valence-electron chi connectivity index (χ4n) is 1.58. The summed E-state index contributed by atoms with van der Waals surface area (Å²) in [5.74, 6) is -0.891. The first-order valence-corrected chi connectivity index (χ1v) is 6.27. The van der Waals surface area contributed by atoms with Crippen molar-refractivity contribution in [3.05, 3.63) is 45.9 Å². The number of aryl methyl sites for hydroxylation is 1. The number of nitrogens with one attached hydrogen (secondary N) is 1. The number of aromatic nitrogens is 2. The topological polar surface area (TPSA) is 72.9 Å². The van der Waals surface area contributed by atoms with Gasteiger partial charge in [-0.3, -0.25) is 9.48 Å². The van der Waals surface area contributed by atoms with E-state index >= 15 is 0 Å². The zero-order valence-corrected chi connectivity index (χ0v) is 11.7. The Morgan fingerprint density at radius 1 is 1.58 bits per heavy atom. The van der Waals surface area contributed by atoms with Crippen LogP contribution in [0.25, 0.3) is 0 Å². The second kappa shape index (κ2) is 5.40. The van der Waals surface area contributed by atoms with Gasteiger partial charge in [0.1, 0.15) is 5.82 Å². The summed E-state index contributed by atoms with van der Waals surface area (Å²) < 4.78 is 15.2. The highest BCUT2D eigenvalue weighted by atomic mass is 79.9. The van der Waals surface area contributed by atoms with Crippen LogP contribution in [0.15, 0.2) is 29.0 Å². The molecule has 2 aromatic rings. The number of amides is 1. The zero-order valence-electron chi connectivity index (χ0n) is 10.2. The fraction of sp³-hybridized carbons (Fsp3) is 0.167. The summed E-state index contributed by atoms with van der Waals surface area (Å²) in [5, 5.41) is 6.71. The van der Waals surface area contributed by atoms with E-state index < -0.39 is 5.82 Å². The Kier molecular flexibility index (Phi) is 3.84. The van der Waals surface area contributed by atoms with Gasteiger partial charge in [0.05, 0.1) is 17.4 Å². The molecule has 0 atom stereocenters. The van der Waals surface area contributed by atoms with Crippen LogP contribution in [0.1, 0.15) is 15.9 Å². The molecular weight excluding hydrogens is 315 g/mol. The van der Waals surface area contributed by atoms with E-state index in [2.05, 4.69) is 26.3 Å². The largest absolute Gasteiger partial charge is 0.396 e. The molecule has 1 aromatic carbocycles. The minimum atomic E-state index is -0.560. The molecule has 3 N–H and O–H groups in total. The van der Waals surface area contributed by atoms with Gasteiger partial charge < -0.3 is 11.1 Å². The number of nitrogens with two attached hydrogens (primary N) is 1. The highest BCUT2D eigenvalue weighted by molar-refractivity contribution is 9.10. The van der Waals surface area contributed by atoms with Crippen molar-refractivity contribution in [1.82, 2.24) is 15.1 Å². The van der Waals surface area contributed by atoms with Gasteiger partial charge in [0.25, 0.3) is 5.91 Å². The van der Waals surface area contributed by atoms with E-state index in [0.29, 0.717) is 16.6 Å². The molecule has 1 aromatic heterocycles. The maximum atomic E-state index is 13.2. The second-order valence-corrected chi connectivity index (χ2v) is 4.91. The van der Waals surface area contributed by atoms with E-state index in [1.54, 1.807) is 24.1 Å². The van der Waals surface area contributed by atoms with Crippen LogP contribution >= 0.6 is 15.9 Å². The van der Waals surface area contributed by atoms with Crippen LogP contribution in [0.2, 0.25) is 0 Å². The quantitative estimate of drug-likeness (QED) is 0.845. The Labute approximate surface area is 117 Å². The Morgan fingerprint density at radius 2 is 2.32 bits per heavy atom. The molecule has 1 amide bonds. The standard InChI is InChI=1S/C12H12BrFN4O/c1-18-6-7(5-17-18)4-16-12(19)8-2-11(15)10(14)3-9(8)13/h2-3,5-6H,4,15H2,1H3,(H,16,19). The maximum Gasteiger partial charge on any atom is 0.252 e. The van der Waals surface area contributed by atoms with Gasteiger partial charge in [-0.05, 0) is 28.1 Å². The van der Waals surface area contributed by atoms with Crippen LogP contribution in [-0.2, 0) is 13.6 Å². The third-order valence-corrected chi connectivity index (χ3v) is 3.20. The van der Waals surface area contributed by atoms with Crippen LogP contribution in [0.5, 0.6) is 0 Å². The minimum absolute atomic E-state index is 0.0604. The van der Waals surface area contributed by atoms with Gasteiger partial charge >= 0.3 is 0 Å². The Balaban J connectivity index is 2.10.